The molecule has 4 rings (SSSR count). The molecule has 1 amide bonds. The molecule has 1 fully saturated rings. The van der Waals surface area contributed by atoms with Crippen molar-refractivity contribution in [1.82, 2.24) is 9.62 Å². The van der Waals surface area contributed by atoms with E-state index >= 15 is 0 Å². The molecule has 0 unspecified atom stereocenters. The van der Waals surface area contributed by atoms with Crippen LogP contribution < -0.4 is 14.4 Å². The summed E-state index contributed by atoms with van der Waals surface area (Å²) in [6, 6.07) is 18.9. The highest BCUT2D eigenvalue weighted by molar-refractivity contribution is 7.92. The van der Waals surface area contributed by atoms with Crippen LogP contribution in [0.15, 0.2) is 71.6 Å². The standard InChI is InChI=1S/C25H29N3O6S2/c1-35(30,31)28(24-10-6-8-20-7-2-3-9-23(20)24)19-25(29)26-15-18-34-21-11-13-22(14-12-21)36(32,33)27-16-4-5-17-27/h2-3,6-14H,4-5,15-19H2,1H3,(H,26,29). The Morgan fingerprint density at radius 1 is 0.944 bits per heavy atom. The van der Waals surface area contributed by atoms with Gasteiger partial charge < -0.3 is 10.1 Å². The number of amides is 1. The predicted molar refractivity (Wildman–Crippen MR) is 139 cm³/mol. The number of benzene rings is 3. The van der Waals surface area contributed by atoms with Crippen LogP contribution in [0.4, 0.5) is 5.69 Å². The number of hydrogen-bond donors (Lipinski definition) is 1. The fourth-order valence-corrected chi connectivity index (χ4v) is 6.52. The van der Waals surface area contributed by atoms with Crippen LogP contribution in [0.2, 0.25) is 0 Å². The third-order valence-electron chi connectivity index (χ3n) is 5.94. The summed E-state index contributed by atoms with van der Waals surface area (Å²) < 4.78 is 58.4. The minimum absolute atomic E-state index is 0.136. The molecule has 0 spiro atoms. The average Bonchev–Trinajstić information content (AvgIpc) is 3.41. The lowest BCUT2D eigenvalue weighted by Crippen LogP contribution is -2.41. The van der Waals surface area contributed by atoms with Crippen molar-refractivity contribution >= 4 is 42.4 Å². The summed E-state index contributed by atoms with van der Waals surface area (Å²) in [5, 5.41) is 4.28. The van der Waals surface area contributed by atoms with Gasteiger partial charge >= 0.3 is 0 Å². The van der Waals surface area contributed by atoms with E-state index in [0.717, 1.165) is 34.2 Å². The fourth-order valence-electron chi connectivity index (χ4n) is 4.14. The normalized spacial score (nSPS) is 14.6. The molecule has 0 aromatic heterocycles. The third kappa shape index (κ3) is 5.97. The van der Waals surface area contributed by atoms with Crippen molar-refractivity contribution < 1.29 is 26.4 Å². The molecule has 3 aromatic rings. The number of fused-ring (bicyclic) bond motifs is 1. The molecule has 11 heteroatoms. The van der Waals surface area contributed by atoms with Crippen molar-refractivity contribution in [2.45, 2.75) is 17.7 Å². The molecule has 0 aliphatic carbocycles. The highest BCUT2D eigenvalue weighted by Crippen LogP contribution is 2.28. The van der Waals surface area contributed by atoms with Gasteiger partial charge in [0.15, 0.2) is 0 Å². The zero-order valence-electron chi connectivity index (χ0n) is 20.0. The monoisotopic (exact) mass is 531 g/mol. The minimum Gasteiger partial charge on any atom is -0.492 e. The van der Waals surface area contributed by atoms with Gasteiger partial charge in [-0.05, 0) is 48.6 Å². The number of nitrogens with one attached hydrogen (secondary N) is 1. The van der Waals surface area contributed by atoms with Crippen LogP contribution in [-0.4, -0.2) is 66.1 Å². The van der Waals surface area contributed by atoms with Gasteiger partial charge in [0, 0.05) is 18.5 Å². The summed E-state index contributed by atoms with van der Waals surface area (Å²) in [4.78, 5) is 12.8. The molecule has 1 aliphatic rings. The summed E-state index contributed by atoms with van der Waals surface area (Å²) in [6.45, 7) is 1.00. The molecular weight excluding hydrogens is 502 g/mol. The van der Waals surface area contributed by atoms with E-state index in [1.54, 1.807) is 24.3 Å². The zero-order valence-corrected chi connectivity index (χ0v) is 21.6. The van der Waals surface area contributed by atoms with Crippen LogP contribution in [0.3, 0.4) is 0 Å². The number of ether oxygens (including phenoxy) is 1. The maximum absolute atomic E-state index is 12.6. The van der Waals surface area contributed by atoms with Gasteiger partial charge in [-0.3, -0.25) is 9.10 Å². The molecule has 1 heterocycles. The van der Waals surface area contributed by atoms with Crippen molar-refractivity contribution in [3.63, 3.8) is 0 Å². The molecule has 1 N–H and O–H groups in total. The van der Waals surface area contributed by atoms with Gasteiger partial charge in [-0.15, -0.1) is 0 Å². The Hall–Kier alpha value is -3.15. The number of hydrogen-bond acceptors (Lipinski definition) is 6. The van der Waals surface area contributed by atoms with Crippen molar-refractivity contribution in [3.05, 3.63) is 66.7 Å². The summed E-state index contributed by atoms with van der Waals surface area (Å²) in [5.41, 5.74) is 0.436. The molecule has 0 bridgehead atoms. The number of rotatable bonds is 10. The molecule has 0 radical (unpaired) electrons. The molecule has 9 nitrogen and oxygen atoms in total. The Kier molecular flexibility index (Phi) is 7.82. The van der Waals surface area contributed by atoms with E-state index in [1.807, 2.05) is 30.3 Å². The molecule has 3 aromatic carbocycles. The van der Waals surface area contributed by atoms with E-state index in [1.165, 1.54) is 16.4 Å². The number of carbonyl (C=O) groups is 1. The second-order valence-electron chi connectivity index (χ2n) is 8.55. The lowest BCUT2D eigenvalue weighted by atomic mass is 10.1. The van der Waals surface area contributed by atoms with Gasteiger partial charge in [-0.2, -0.15) is 4.31 Å². The van der Waals surface area contributed by atoms with Crippen LogP contribution in [0.1, 0.15) is 12.8 Å². The first kappa shape index (κ1) is 25.9. The molecule has 36 heavy (non-hydrogen) atoms. The smallest absolute Gasteiger partial charge is 0.243 e. The molecule has 0 saturated carbocycles. The average molecular weight is 532 g/mol. The number of sulfonamides is 2. The maximum Gasteiger partial charge on any atom is 0.243 e. The quantitative estimate of drug-likeness (QED) is 0.403. The van der Waals surface area contributed by atoms with E-state index in [0.29, 0.717) is 24.5 Å². The molecule has 1 saturated heterocycles. The van der Waals surface area contributed by atoms with E-state index < -0.39 is 26.0 Å². The Labute approximate surface area is 211 Å². The Balaban J connectivity index is 1.32. The van der Waals surface area contributed by atoms with Crippen molar-refractivity contribution in [3.8, 4) is 5.75 Å². The van der Waals surface area contributed by atoms with Gasteiger partial charge in [0.25, 0.3) is 0 Å². The SMILES string of the molecule is CS(=O)(=O)N(CC(=O)NCCOc1ccc(S(=O)(=O)N2CCCC2)cc1)c1cccc2ccccc12. The van der Waals surface area contributed by atoms with Gasteiger partial charge in [0.1, 0.15) is 18.9 Å². The predicted octanol–water partition coefficient (Wildman–Crippen LogP) is 2.59. The number of nitrogens with zero attached hydrogens (tertiary/aromatic N) is 2. The Bertz CT molecular complexity index is 1430. The highest BCUT2D eigenvalue weighted by atomic mass is 32.2. The molecule has 1 aliphatic heterocycles. The summed E-state index contributed by atoms with van der Waals surface area (Å²) in [7, 11) is -7.20. The van der Waals surface area contributed by atoms with Crippen LogP contribution in [0.25, 0.3) is 10.8 Å². The van der Waals surface area contributed by atoms with Crippen LogP contribution in [-0.2, 0) is 24.8 Å². The molecule has 192 valence electrons. The Morgan fingerprint density at radius 2 is 1.61 bits per heavy atom. The van der Waals surface area contributed by atoms with Crippen molar-refractivity contribution in [2.24, 2.45) is 0 Å². The fraction of sp³-hybridized carbons (Fsp3) is 0.320. The number of carbonyl (C=O) groups excluding carboxylic acids is 1. The summed E-state index contributed by atoms with van der Waals surface area (Å²) in [5.74, 6) is 0.00199. The largest absolute Gasteiger partial charge is 0.492 e. The first-order valence-electron chi connectivity index (χ1n) is 11.6. The Morgan fingerprint density at radius 3 is 2.31 bits per heavy atom. The van der Waals surface area contributed by atoms with E-state index in [2.05, 4.69) is 5.32 Å². The van der Waals surface area contributed by atoms with Gasteiger partial charge in [0.05, 0.1) is 23.4 Å². The van der Waals surface area contributed by atoms with Crippen LogP contribution >= 0.6 is 0 Å². The topological polar surface area (TPSA) is 113 Å². The maximum atomic E-state index is 12.6. The number of anilines is 1. The first-order chi connectivity index (χ1) is 17.2. The lowest BCUT2D eigenvalue weighted by Gasteiger charge is -2.23. The first-order valence-corrected chi connectivity index (χ1v) is 14.9. The molecular formula is C25H29N3O6S2. The van der Waals surface area contributed by atoms with Gasteiger partial charge in [-0.1, -0.05) is 36.4 Å². The summed E-state index contributed by atoms with van der Waals surface area (Å²) >= 11 is 0. The second-order valence-corrected chi connectivity index (χ2v) is 12.4. The van der Waals surface area contributed by atoms with Crippen molar-refractivity contribution in [1.29, 1.82) is 0 Å². The molecule has 0 atom stereocenters. The zero-order chi connectivity index (χ0) is 25.8. The third-order valence-corrected chi connectivity index (χ3v) is 8.98. The second kappa shape index (κ2) is 10.9. The van der Waals surface area contributed by atoms with Crippen molar-refractivity contribution in [2.75, 3.05) is 43.3 Å². The lowest BCUT2D eigenvalue weighted by molar-refractivity contribution is -0.119. The highest BCUT2D eigenvalue weighted by Gasteiger charge is 2.27. The minimum atomic E-state index is -3.71. The van der Waals surface area contributed by atoms with Crippen LogP contribution in [0.5, 0.6) is 5.75 Å². The van der Waals surface area contributed by atoms with E-state index in [4.69, 9.17) is 4.74 Å². The summed E-state index contributed by atoms with van der Waals surface area (Å²) in [6.07, 6.45) is 2.81. The van der Waals surface area contributed by atoms with Gasteiger partial charge in [0.2, 0.25) is 26.0 Å². The van der Waals surface area contributed by atoms with E-state index in [-0.39, 0.29) is 24.6 Å². The van der Waals surface area contributed by atoms with Gasteiger partial charge in [-0.25, -0.2) is 16.8 Å². The van der Waals surface area contributed by atoms with E-state index in [9.17, 15) is 21.6 Å². The van der Waals surface area contributed by atoms with Crippen LogP contribution in [0, 0.1) is 0 Å².